The van der Waals surface area contributed by atoms with Crippen LogP contribution >= 0.6 is 0 Å². The third-order valence-corrected chi connectivity index (χ3v) is 9.48. The van der Waals surface area contributed by atoms with E-state index in [2.05, 4.69) is 6.92 Å². The van der Waals surface area contributed by atoms with Crippen LogP contribution in [0.3, 0.4) is 0 Å². The quantitative estimate of drug-likeness (QED) is 0.101. The Hall–Kier alpha value is -2.78. The summed E-state index contributed by atoms with van der Waals surface area (Å²) in [6.45, 7) is 2.73. The number of ether oxygens (including phenoxy) is 7. The predicted octanol–water partition coefficient (Wildman–Crippen LogP) is 4.66. The maximum atomic E-state index is 10.7. The molecule has 1 unspecified atom stereocenters. The molecule has 0 amide bonds. The summed E-state index contributed by atoms with van der Waals surface area (Å²) in [6, 6.07) is 29.4. The van der Waals surface area contributed by atoms with Gasteiger partial charge in [-0.2, -0.15) is 0 Å². The van der Waals surface area contributed by atoms with E-state index >= 15 is 0 Å². The van der Waals surface area contributed by atoms with Gasteiger partial charge in [0.2, 0.25) is 0 Å². The topological polar surface area (TPSA) is 146 Å². The Kier molecular flexibility index (Phi) is 16.9. The Balaban J connectivity index is 1.38. The molecule has 3 aromatic rings. The number of hydrogen-bond donors (Lipinski definition) is 4. The van der Waals surface area contributed by atoms with Crippen molar-refractivity contribution < 1.29 is 53.6 Å². The summed E-state index contributed by atoms with van der Waals surface area (Å²) in [4.78, 5) is 0. The second kappa shape index (κ2) is 21.8. The lowest BCUT2D eigenvalue weighted by Gasteiger charge is -2.30. The van der Waals surface area contributed by atoms with E-state index in [-0.39, 0.29) is 19.8 Å². The number of aliphatic hydroxyl groups is 4. The van der Waals surface area contributed by atoms with Gasteiger partial charge in [0, 0.05) is 6.61 Å². The highest BCUT2D eigenvalue weighted by molar-refractivity contribution is 5.15. The lowest BCUT2D eigenvalue weighted by atomic mass is 10.0. The summed E-state index contributed by atoms with van der Waals surface area (Å²) in [5.41, 5.74) is 2.90. The van der Waals surface area contributed by atoms with Gasteiger partial charge in [-0.05, 0) is 23.1 Å². The molecule has 4 N–H and O–H groups in total. The Labute approximate surface area is 307 Å². The van der Waals surface area contributed by atoms with Crippen LogP contribution in [0.2, 0.25) is 0 Å². The molecule has 2 heterocycles. The zero-order valence-corrected chi connectivity index (χ0v) is 30.1. The minimum Gasteiger partial charge on any atom is -0.394 e. The van der Waals surface area contributed by atoms with E-state index in [0.717, 1.165) is 36.0 Å². The largest absolute Gasteiger partial charge is 0.394 e. The molecular weight excluding hydrogens is 668 g/mol. The Morgan fingerprint density at radius 2 is 1.13 bits per heavy atom. The van der Waals surface area contributed by atoms with Crippen LogP contribution in [-0.2, 0) is 53.0 Å². The molecule has 0 aromatic heterocycles. The lowest BCUT2D eigenvalue weighted by Crippen LogP contribution is -2.46. The molecule has 11 heteroatoms. The van der Waals surface area contributed by atoms with Crippen LogP contribution in [0.1, 0.15) is 62.1 Å². The molecule has 0 spiro atoms. The van der Waals surface area contributed by atoms with Gasteiger partial charge in [-0.15, -0.1) is 0 Å². The first-order valence-electron chi connectivity index (χ1n) is 18.6. The van der Waals surface area contributed by atoms with Crippen molar-refractivity contribution >= 4 is 0 Å². The van der Waals surface area contributed by atoms with Crippen molar-refractivity contribution in [1.82, 2.24) is 0 Å². The number of aliphatic hydroxyl groups excluding tert-OH is 4. The van der Waals surface area contributed by atoms with Crippen molar-refractivity contribution in [3.8, 4) is 0 Å². The second-order valence-corrected chi connectivity index (χ2v) is 13.5. The van der Waals surface area contributed by atoms with Crippen LogP contribution in [0.15, 0.2) is 91.0 Å². The van der Waals surface area contributed by atoms with Crippen LogP contribution in [0, 0.1) is 0 Å². The summed E-state index contributed by atoms with van der Waals surface area (Å²) < 4.78 is 44.6. The molecule has 2 aliphatic heterocycles. The number of rotatable bonds is 23. The molecule has 10 atom stereocenters. The first-order valence-corrected chi connectivity index (χ1v) is 18.6. The van der Waals surface area contributed by atoms with Crippen molar-refractivity contribution in [3.63, 3.8) is 0 Å². The Bertz CT molecular complexity index is 1370. The van der Waals surface area contributed by atoms with Crippen LogP contribution in [-0.4, -0.2) is 102 Å². The van der Waals surface area contributed by atoms with Crippen LogP contribution in [0.4, 0.5) is 0 Å². The summed E-state index contributed by atoms with van der Waals surface area (Å²) in [5.74, 6) is 0. The van der Waals surface area contributed by atoms with Gasteiger partial charge in [0.1, 0.15) is 48.8 Å². The maximum Gasteiger partial charge on any atom is 0.186 e. The number of hydrogen-bond acceptors (Lipinski definition) is 11. The molecule has 0 saturated carbocycles. The van der Waals surface area contributed by atoms with E-state index in [1.54, 1.807) is 0 Å². The summed E-state index contributed by atoms with van der Waals surface area (Å²) >= 11 is 0. The van der Waals surface area contributed by atoms with Crippen molar-refractivity contribution in [2.45, 2.75) is 127 Å². The van der Waals surface area contributed by atoms with Crippen LogP contribution < -0.4 is 0 Å². The highest BCUT2D eigenvalue weighted by Crippen LogP contribution is 2.34. The SMILES string of the molecule is CCCCCCCCO[C@@H]1O[C@@H](C(CO[C@@H]2O[C@@H]([C@H](O)CO)[C@H](O)[C@H]2O)OCc2ccccc2)[C@H](OCc2ccccc2)[C@H]1OCc1ccccc1. The zero-order valence-electron chi connectivity index (χ0n) is 30.1. The standard InChI is InChI=1S/C41H56O11/c1-2-3-4-5-6-16-23-46-41-39(49-27-31-21-14-9-15-22-31)38(48-26-30-19-12-8-13-20-30)37(52-41)33(47-25-29-17-10-7-11-18-29)28-50-40-35(45)34(44)36(51-40)32(43)24-42/h7-15,17-22,32-45H,2-6,16,23-28H2,1H3/t32-,33?,34-,35-,36+,37+,38+,39-,40-,41-/m1/s1. The molecule has 52 heavy (non-hydrogen) atoms. The molecule has 2 saturated heterocycles. The van der Waals surface area contributed by atoms with E-state index in [0.29, 0.717) is 13.2 Å². The number of benzene rings is 3. The third-order valence-electron chi connectivity index (χ3n) is 9.48. The molecule has 11 nitrogen and oxygen atoms in total. The molecule has 5 rings (SSSR count). The van der Waals surface area contributed by atoms with E-state index in [1.807, 2.05) is 91.0 Å². The first kappa shape index (κ1) is 40.4. The zero-order chi connectivity index (χ0) is 36.5. The maximum absolute atomic E-state index is 10.7. The Morgan fingerprint density at radius 3 is 1.73 bits per heavy atom. The second-order valence-electron chi connectivity index (χ2n) is 13.5. The van der Waals surface area contributed by atoms with Gasteiger partial charge in [0.15, 0.2) is 12.6 Å². The molecule has 0 bridgehead atoms. The van der Waals surface area contributed by atoms with Crippen molar-refractivity contribution in [2.75, 3.05) is 19.8 Å². The molecule has 2 fully saturated rings. The fourth-order valence-corrected chi connectivity index (χ4v) is 6.50. The van der Waals surface area contributed by atoms with Gasteiger partial charge in [0.25, 0.3) is 0 Å². The van der Waals surface area contributed by atoms with Gasteiger partial charge < -0.3 is 53.6 Å². The molecule has 2 aliphatic rings. The van der Waals surface area contributed by atoms with E-state index in [9.17, 15) is 20.4 Å². The average molecular weight is 725 g/mol. The average Bonchev–Trinajstić information content (AvgIpc) is 3.68. The van der Waals surface area contributed by atoms with Gasteiger partial charge >= 0.3 is 0 Å². The molecule has 3 aromatic carbocycles. The highest BCUT2D eigenvalue weighted by Gasteiger charge is 2.52. The van der Waals surface area contributed by atoms with E-state index < -0.39 is 68.0 Å². The van der Waals surface area contributed by atoms with Crippen molar-refractivity contribution in [3.05, 3.63) is 108 Å². The molecule has 286 valence electrons. The minimum atomic E-state index is -1.47. The number of unbranched alkanes of at least 4 members (excludes halogenated alkanes) is 5. The van der Waals surface area contributed by atoms with Crippen LogP contribution in [0.25, 0.3) is 0 Å². The van der Waals surface area contributed by atoms with Crippen LogP contribution in [0.5, 0.6) is 0 Å². The normalized spacial score (nSPS) is 27.2. The van der Waals surface area contributed by atoms with Gasteiger partial charge in [-0.1, -0.05) is 130 Å². The smallest absolute Gasteiger partial charge is 0.186 e. The molecule has 0 radical (unpaired) electrons. The fraction of sp³-hybridized carbons (Fsp3) is 0.561. The van der Waals surface area contributed by atoms with E-state index in [4.69, 9.17) is 33.2 Å². The predicted molar refractivity (Wildman–Crippen MR) is 193 cm³/mol. The van der Waals surface area contributed by atoms with Crippen molar-refractivity contribution in [2.24, 2.45) is 0 Å². The Morgan fingerprint density at radius 1 is 0.596 bits per heavy atom. The van der Waals surface area contributed by atoms with E-state index in [1.165, 1.54) is 19.3 Å². The first-order chi connectivity index (χ1) is 25.5. The fourth-order valence-electron chi connectivity index (χ4n) is 6.50. The molecule has 0 aliphatic carbocycles. The lowest BCUT2D eigenvalue weighted by molar-refractivity contribution is -0.222. The summed E-state index contributed by atoms with van der Waals surface area (Å²) in [7, 11) is 0. The summed E-state index contributed by atoms with van der Waals surface area (Å²) in [5, 5.41) is 40.9. The monoisotopic (exact) mass is 724 g/mol. The van der Waals surface area contributed by atoms with Gasteiger partial charge in [-0.25, -0.2) is 0 Å². The molecular formula is C41H56O11. The highest BCUT2D eigenvalue weighted by atomic mass is 16.7. The van der Waals surface area contributed by atoms with Gasteiger partial charge in [0.05, 0.1) is 33.0 Å². The van der Waals surface area contributed by atoms with Crippen molar-refractivity contribution in [1.29, 1.82) is 0 Å². The minimum absolute atomic E-state index is 0.130. The third kappa shape index (κ3) is 11.9. The summed E-state index contributed by atoms with van der Waals surface area (Å²) in [6.07, 6.45) is -3.73. The van der Waals surface area contributed by atoms with Gasteiger partial charge in [-0.3, -0.25) is 0 Å².